The Bertz CT molecular complexity index is 3190. The first-order valence-electron chi connectivity index (χ1n) is 23.1. The normalized spacial score (nSPS) is 13.8. The predicted octanol–water partition coefficient (Wildman–Crippen LogP) is 13.0. The summed E-state index contributed by atoms with van der Waals surface area (Å²) < 4.78 is 14.5. The lowest BCUT2D eigenvalue weighted by molar-refractivity contribution is 0.436. The molecule has 9 aromatic carbocycles. The van der Waals surface area contributed by atoms with Crippen LogP contribution in [0.4, 0.5) is 0 Å². The van der Waals surface area contributed by atoms with Crippen molar-refractivity contribution >= 4 is 28.8 Å². The Morgan fingerprint density at radius 1 is 0.403 bits per heavy atom. The monoisotopic (exact) mass is 877 g/mol. The molecule has 10 aromatic rings. The van der Waals surface area contributed by atoms with Gasteiger partial charge in [-0.2, -0.15) is 0 Å². The van der Waals surface area contributed by atoms with E-state index in [0.29, 0.717) is 0 Å². The van der Waals surface area contributed by atoms with Crippen molar-refractivity contribution < 1.29 is 9.47 Å². The minimum atomic E-state index is -2.93. The summed E-state index contributed by atoms with van der Waals surface area (Å²) in [6, 6.07) is 83.4. The van der Waals surface area contributed by atoms with Crippen LogP contribution in [0.1, 0.15) is 38.9 Å². The van der Waals surface area contributed by atoms with E-state index in [4.69, 9.17) is 14.5 Å². The quantitative estimate of drug-likeness (QED) is 0.150. The predicted molar refractivity (Wildman–Crippen MR) is 277 cm³/mol. The van der Waals surface area contributed by atoms with E-state index in [-0.39, 0.29) is 0 Å². The topological polar surface area (TPSA) is 31.4 Å². The number of fused-ring (bicyclic) bond motifs is 4. The van der Waals surface area contributed by atoms with E-state index in [2.05, 4.69) is 251 Å². The molecule has 0 atom stereocenters. The molecule has 1 aromatic heterocycles. The van der Waals surface area contributed by atoms with Gasteiger partial charge in [-0.05, 0) is 111 Å². The van der Waals surface area contributed by atoms with Gasteiger partial charge in [0, 0.05) is 22.3 Å². The molecule has 4 heteroatoms. The molecule has 0 saturated heterocycles. The van der Waals surface area contributed by atoms with Gasteiger partial charge in [-0.25, -0.2) is 4.98 Å². The smallest absolute Gasteiger partial charge is 0.188 e. The van der Waals surface area contributed by atoms with E-state index in [1.807, 2.05) is 0 Å². The van der Waals surface area contributed by atoms with Crippen molar-refractivity contribution in [2.45, 2.75) is 26.2 Å². The molecule has 0 N–H and O–H groups in total. The zero-order valence-electron chi connectivity index (χ0n) is 37.7. The summed E-state index contributed by atoms with van der Waals surface area (Å²) >= 11 is 0. The summed E-state index contributed by atoms with van der Waals surface area (Å²) in [6.45, 7) is 6.61. The van der Waals surface area contributed by atoms with E-state index in [9.17, 15) is 0 Å². The molecule has 2 aliphatic heterocycles. The molecular weight excluding hydrogens is 831 g/mol. The molecule has 3 heterocycles. The Kier molecular flexibility index (Phi) is 9.74. The molecule has 12 rings (SSSR count). The number of hydrogen-bond acceptors (Lipinski definition) is 3. The second kappa shape index (κ2) is 16.1. The number of aryl methyl sites for hydroxylation is 3. The van der Waals surface area contributed by atoms with Gasteiger partial charge in [0.1, 0.15) is 23.0 Å². The average Bonchev–Trinajstić information content (AvgIpc) is 3.37. The summed E-state index contributed by atoms with van der Waals surface area (Å²) in [7, 11) is -2.93. The molecule has 3 nitrogen and oxygen atoms in total. The lowest BCUT2D eigenvalue weighted by Gasteiger charge is -2.42. The summed E-state index contributed by atoms with van der Waals surface area (Å²) in [4.78, 5) is 5.75. The molecule has 0 aliphatic carbocycles. The number of ether oxygens (including phenoxy) is 2. The van der Waals surface area contributed by atoms with Crippen molar-refractivity contribution in [2.75, 3.05) is 0 Å². The Morgan fingerprint density at radius 3 is 1.48 bits per heavy atom. The molecule has 2 aliphatic rings. The third-order valence-electron chi connectivity index (χ3n) is 14.0. The highest BCUT2D eigenvalue weighted by Crippen LogP contribution is 2.57. The summed E-state index contributed by atoms with van der Waals surface area (Å²) in [6.07, 6.45) is 0. The van der Waals surface area contributed by atoms with Gasteiger partial charge >= 0.3 is 0 Å². The van der Waals surface area contributed by atoms with Crippen molar-refractivity contribution in [3.05, 3.63) is 269 Å². The third kappa shape index (κ3) is 6.28. The van der Waals surface area contributed by atoms with Crippen LogP contribution in [0.3, 0.4) is 0 Å². The van der Waals surface area contributed by atoms with E-state index in [1.54, 1.807) is 0 Å². The van der Waals surface area contributed by atoms with Crippen LogP contribution >= 0.6 is 0 Å². The zero-order valence-corrected chi connectivity index (χ0v) is 38.7. The fourth-order valence-corrected chi connectivity index (χ4v) is 16.4. The third-order valence-corrected chi connectivity index (χ3v) is 18.8. The van der Waals surface area contributed by atoms with E-state index < -0.39 is 13.5 Å². The van der Waals surface area contributed by atoms with Crippen molar-refractivity contribution in [3.63, 3.8) is 0 Å². The Hall–Kier alpha value is -8.05. The van der Waals surface area contributed by atoms with Crippen LogP contribution in [0, 0.1) is 20.8 Å². The maximum atomic E-state index is 7.24. The molecule has 320 valence electrons. The number of hydrogen-bond donors (Lipinski definition) is 0. The van der Waals surface area contributed by atoms with Crippen LogP contribution in [0.25, 0.3) is 33.6 Å². The first-order chi connectivity index (χ1) is 33.0. The molecule has 0 unspecified atom stereocenters. The van der Waals surface area contributed by atoms with Crippen LogP contribution in [0.2, 0.25) is 0 Å². The number of aromatic nitrogens is 1. The summed E-state index contributed by atoms with van der Waals surface area (Å²) in [5.41, 5.74) is 13.3. The lowest BCUT2D eigenvalue weighted by atomic mass is 9.63. The SMILES string of the molecule is Cc1cc(C)c(-c2cc(-c3cccc4c3Oc3ccccc3C4(c3ccccc3)c3ccccc3)nc(-c3cccc4c3Oc3ccccc3[Si]4(c3ccccc3)c3ccccc3)c2)c(C)c1. The van der Waals surface area contributed by atoms with Crippen LogP contribution in [-0.2, 0) is 5.41 Å². The number of pyridine rings is 1. The van der Waals surface area contributed by atoms with Crippen LogP contribution < -0.4 is 30.2 Å². The molecular formula is C63H47NO2Si. The van der Waals surface area contributed by atoms with Crippen LogP contribution in [0.15, 0.2) is 231 Å². The van der Waals surface area contributed by atoms with Gasteiger partial charge in [-0.1, -0.05) is 200 Å². The van der Waals surface area contributed by atoms with Gasteiger partial charge in [-0.3, -0.25) is 0 Å². The first kappa shape index (κ1) is 40.5. The second-order valence-electron chi connectivity index (χ2n) is 17.9. The van der Waals surface area contributed by atoms with Gasteiger partial charge in [-0.15, -0.1) is 0 Å². The maximum Gasteiger partial charge on any atom is 0.188 e. The molecule has 0 radical (unpaired) electrons. The van der Waals surface area contributed by atoms with Gasteiger partial charge in [0.2, 0.25) is 0 Å². The molecule has 0 bridgehead atoms. The van der Waals surface area contributed by atoms with Crippen molar-refractivity contribution in [1.29, 1.82) is 0 Å². The molecule has 0 saturated carbocycles. The van der Waals surface area contributed by atoms with Crippen molar-refractivity contribution in [2.24, 2.45) is 0 Å². The van der Waals surface area contributed by atoms with E-state index >= 15 is 0 Å². The fourth-order valence-electron chi connectivity index (χ4n) is 11.4. The number of para-hydroxylation sites is 4. The highest BCUT2D eigenvalue weighted by molar-refractivity contribution is 7.20. The van der Waals surface area contributed by atoms with Gasteiger partial charge in [0.05, 0.1) is 16.8 Å². The first-order valence-corrected chi connectivity index (χ1v) is 25.1. The standard InChI is InChI=1S/C63H47NO2Si/c1-42-38-43(2)60(44(3)39-42)45-40-54(50-30-20-33-53-61(50)65-56-34-17-16-32-52(56)63(53,46-22-8-4-9-23-46)47-24-10-5-11-25-47)64-55(41-45)51-31-21-37-59-62(51)66-57-35-18-19-36-58(57)67(59,48-26-12-6-13-27-48)49-28-14-7-15-29-49/h4-41H,1-3H3. The largest absolute Gasteiger partial charge is 0.457 e. The minimum Gasteiger partial charge on any atom is -0.457 e. The number of benzene rings is 9. The second-order valence-corrected chi connectivity index (χ2v) is 21.7. The van der Waals surface area contributed by atoms with Crippen LogP contribution in [0.5, 0.6) is 23.0 Å². The van der Waals surface area contributed by atoms with Gasteiger partial charge in [0.25, 0.3) is 0 Å². The van der Waals surface area contributed by atoms with Gasteiger partial charge in [0.15, 0.2) is 8.07 Å². The minimum absolute atomic E-state index is 0.671. The average molecular weight is 878 g/mol. The highest BCUT2D eigenvalue weighted by atomic mass is 28.3. The molecule has 0 amide bonds. The zero-order chi connectivity index (χ0) is 45.1. The molecule has 0 spiro atoms. The Balaban J connectivity index is 1.15. The maximum absolute atomic E-state index is 7.24. The molecule has 0 fully saturated rings. The van der Waals surface area contributed by atoms with Crippen molar-refractivity contribution in [3.8, 4) is 56.6 Å². The number of nitrogens with zero attached hydrogens (tertiary/aromatic N) is 1. The van der Waals surface area contributed by atoms with Crippen LogP contribution in [-0.4, -0.2) is 13.1 Å². The Morgan fingerprint density at radius 2 is 0.866 bits per heavy atom. The molecule has 67 heavy (non-hydrogen) atoms. The fraction of sp³-hybridized carbons (Fsp3) is 0.0635. The Labute approximate surface area is 393 Å². The lowest BCUT2D eigenvalue weighted by Crippen LogP contribution is -2.76. The summed E-state index contributed by atoms with van der Waals surface area (Å²) in [5, 5.41) is 5.04. The van der Waals surface area contributed by atoms with Crippen molar-refractivity contribution in [1.82, 2.24) is 4.98 Å². The van der Waals surface area contributed by atoms with E-state index in [1.165, 1.54) is 54.1 Å². The van der Waals surface area contributed by atoms with Gasteiger partial charge < -0.3 is 9.47 Å². The number of rotatable bonds is 7. The highest BCUT2D eigenvalue weighted by Gasteiger charge is 2.49. The summed E-state index contributed by atoms with van der Waals surface area (Å²) in [5.74, 6) is 3.34. The van der Waals surface area contributed by atoms with E-state index in [0.717, 1.165) is 62.2 Å².